The van der Waals surface area contributed by atoms with Crippen LogP contribution in [0.2, 0.25) is 0 Å². The van der Waals surface area contributed by atoms with Crippen LogP contribution in [0.4, 0.5) is 0 Å². The largest absolute Gasteiger partial charge is 0.0784 e. The van der Waals surface area contributed by atoms with E-state index in [9.17, 15) is 0 Å². The van der Waals surface area contributed by atoms with E-state index in [1.165, 1.54) is 35.6 Å². The molecule has 0 spiro atoms. The van der Waals surface area contributed by atoms with Crippen molar-refractivity contribution < 1.29 is 0 Å². The summed E-state index contributed by atoms with van der Waals surface area (Å²) in [5.41, 5.74) is 1.44. The lowest BCUT2D eigenvalue weighted by atomic mass is 10.0. The molecule has 0 saturated heterocycles. The average Bonchev–Trinajstić information content (AvgIpc) is 2.34. The van der Waals surface area contributed by atoms with Crippen molar-refractivity contribution in [1.82, 2.24) is 0 Å². The number of rotatable bonds is 4. The molecule has 0 radical (unpaired) electrons. The van der Waals surface area contributed by atoms with Gasteiger partial charge in [0, 0.05) is 0 Å². The van der Waals surface area contributed by atoms with Gasteiger partial charge in [-0.05, 0) is 39.7 Å². The fraction of sp³-hybridized carbons (Fsp3) is 0.200. The van der Waals surface area contributed by atoms with Gasteiger partial charge in [-0.2, -0.15) is 0 Å². The number of allylic oxidation sites excluding steroid dienone is 1. The summed E-state index contributed by atoms with van der Waals surface area (Å²) in [6, 6.07) is 15.3. The Balaban J connectivity index is 2.07. The number of fused-ring (bicyclic) bond motifs is 1. The van der Waals surface area contributed by atoms with Crippen LogP contribution in [0.5, 0.6) is 0 Å². The van der Waals surface area contributed by atoms with Gasteiger partial charge in [0.2, 0.25) is 0 Å². The van der Waals surface area contributed by atoms with Crippen LogP contribution in [-0.2, 0) is 6.42 Å². The molecule has 0 aromatic heterocycles. The van der Waals surface area contributed by atoms with Crippen LogP contribution in [0.25, 0.3) is 10.8 Å². The number of halogens is 1. The molecule has 2 aromatic carbocycles. The van der Waals surface area contributed by atoms with E-state index in [1.807, 2.05) is 0 Å². The van der Waals surface area contributed by atoms with Crippen LogP contribution in [0.3, 0.4) is 0 Å². The molecule has 0 nitrogen and oxygen atoms in total. The van der Waals surface area contributed by atoms with Gasteiger partial charge in [-0.25, -0.2) is 0 Å². The lowest BCUT2D eigenvalue weighted by Gasteiger charge is -2.02. The van der Waals surface area contributed by atoms with Crippen molar-refractivity contribution in [1.29, 1.82) is 0 Å². The fourth-order valence-electron chi connectivity index (χ4n) is 1.88. The predicted molar refractivity (Wildman–Crippen MR) is 80.0 cm³/mol. The van der Waals surface area contributed by atoms with Gasteiger partial charge >= 0.3 is 0 Å². The highest BCUT2D eigenvalue weighted by Gasteiger charge is 1.95. The van der Waals surface area contributed by atoms with E-state index in [-0.39, 0.29) is 0 Å². The SMILES string of the molecule is IC=CCCCc1ccc2ccccc2c1. The fourth-order valence-corrected chi connectivity index (χ4v) is 2.24. The molecule has 0 amide bonds. The summed E-state index contributed by atoms with van der Waals surface area (Å²) in [7, 11) is 0. The lowest BCUT2D eigenvalue weighted by Crippen LogP contribution is -1.84. The van der Waals surface area contributed by atoms with Crippen LogP contribution < -0.4 is 0 Å². The maximum absolute atomic E-state index is 2.31. The maximum atomic E-state index is 2.31. The Morgan fingerprint density at radius 1 is 1.00 bits per heavy atom. The summed E-state index contributed by atoms with van der Waals surface area (Å²) in [5, 5.41) is 2.68. The zero-order chi connectivity index (χ0) is 11.2. The van der Waals surface area contributed by atoms with Crippen molar-refractivity contribution in [3.63, 3.8) is 0 Å². The molecule has 0 aliphatic heterocycles. The van der Waals surface area contributed by atoms with Crippen molar-refractivity contribution in [2.24, 2.45) is 0 Å². The van der Waals surface area contributed by atoms with Crippen molar-refractivity contribution >= 4 is 33.4 Å². The molecule has 0 fully saturated rings. The third kappa shape index (κ3) is 3.08. The maximum Gasteiger partial charge on any atom is -0.0181 e. The summed E-state index contributed by atoms with van der Waals surface area (Å²) in [4.78, 5) is 0. The van der Waals surface area contributed by atoms with Crippen molar-refractivity contribution in [2.45, 2.75) is 19.3 Å². The van der Waals surface area contributed by atoms with Gasteiger partial charge in [-0.15, -0.1) is 0 Å². The Morgan fingerprint density at radius 2 is 1.81 bits per heavy atom. The second-order valence-corrected chi connectivity index (χ2v) is 4.65. The minimum absolute atomic E-state index is 1.17. The van der Waals surface area contributed by atoms with Crippen molar-refractivity contribution in [3.8, 4) is 0 Å². The van der Waals surface area contributed by atoms with Gasteiger partial charge in [0.25, 0.3) is 0 Å². The van der Waals surface area contributed by atoms with E-state index in [1.54, 1.807) is 0 Å². The molecule has 0 saturated carbocycles. The smallest absolute Gasteiger partial charge is 0.0181 e. The number of hydrogen-bond donors (Lipinski definition) is 0. The number of benzene rings is 2. The Hall–Kier alpha value is -0.830. The van der Waals surface area contributed by atoms with Crippen molar-refractivity contribution in [2.75, 3.05) is 0 Å². The zero-order valence-corrected chi connectivity index (χ0v) is 11.4. The van der Waals surface area contributed by atoms with Crippen LogP contribution in [0.1, 0.15) is 18.4 Å². The summed E-state index contributed by atoms with van der Waals surface area (Å²) < 4.78 is 2.10. The second-order valence-electron chi connectivity index (χ2n) is 3.94. The van der Waals surface area contributed by atoms with Crippen LogP contribution in [0.15, 0.2) is 52.6 Å². The molecule has 0 unspecified atom stereocenters. The molecule has 2 rings (SSSR count). The highest BCUT2D eigenvalue weighted by atomic mass is 127. The summed E-state index contributed by atoms with van der Waals surface area (Å²) >= 11 is 2.27. The molecule has 2 aromatic rings. The molecular formula is C15H15I. The standard InChI is InChI=1S/C15H15I/c16-11-5-1-2-6-13-9-10-14-7-3-4-8-15(14)12-13/h3-5,7-12H,1-2,6H2. The molecule has 16 heavy (non-hydrogen) atoms. The Labute approximate surface area is 111 Å². The Kier molecular flexibility index (Phi) is 4.40. The molecule has 82 valence electrons. The van der Waals surface area contributed by atoms with E-state index in [2.05, 4.69) is 75.2 Å². The van der Waals surface area contributed by atoms with Crippen LogP contribution in [-0.4, -0.2) is 0 Å². The van der Waals surface area contributed by atoms with E-state index in [0.717, 1.165) is 0 Å². The average molecular weight is 322 g/mol. The first kappa shape index (κ1) is 11.6. The third-order valence-electron chi connectivity index (χ3n) is 2.74. The van der Waals surface area contributed by atoms with Gasteiger partial charge in [0.05, 0.1) is 0 Å². The first-order valence-corrected chi connectivity index (χ1v) is 6.87. The third-order valence-corrected chi connectivity index (χ3v) is 3.25. The van der Waals surface area contributed by atoms with Gasteiger partial charge in [0.1, 0.15) is 0 Å². The Bertz CT molecular complexity index is 486. The highest BCUT2D eigenvalue weighted by Crippen LogP contribution is 2.17. The van der Waals surface area contributed by atoms with E-state index in [0.29, 0.717) is 0 Å². The molecule has 0 aliphatic rings. The van der Waals surface area contributed by atoms with Crippen molar-refractivity contribution in [3.05, 3.63) is 58.2 Å². The van der Waals surface area contributed by atoms with Gasteiger partial charge < -0.3 is 0 Å². The molecule has 0 N–H and O–H groups in total. The molecule has 0 atom stereocenters. The monoisotopic (exact) mass is 322 g/mol. The normalized spacial score (nSPS) is 11.3. The number of hydrogen-bond acceptors (Lipinski definition) is 0. The summed E-state index contributed by atoms with van der Waals surface area (Å²) in [6.07, 6.45) is 5.81. The second kappa shape index (κ2) is 6.04. The van der Waals surface area contributed by atoms with Gasteiger partial charge in [-0.1, -0.05) is 71.1 Å². The van der Waals surface area contributed by atoms with E-state index < -0.39 is 0 Å². The van der Waals surface area contributed by atoms with Crippen LogP contribution >= 0.6 is 22.6 Å². The number of unbranched alkanes of at least 4 members (excludes halogenated alkanes) is 1. The topological polar surface area (TPSA) is 0 Å². The van der Waals surface area contributed by atoms with E-state index in [4.69, 9.17) is 0 Å². The van der Waals surface area contributed by atoms with Gasteiger partial charge in [-0.3, -0.25) is 0 Å². The van der Waals surface area contributed by atoms with Crippen LogP contribution in [0, 0.1) is 0 Å². The molecule has 0 aliphatic carbocycles. The molecule has 1 heteroatoms. The molecule has 0 heterocycles. The minimum atomic E-state index is 1.17. The predicted octanol–water partition coefficient (Wildman–Crippen LogP) is 5.11. The molecule has 0 bridgehead atoms. The quantitative estimate of drug-likeness (QED) is 0.542. The number of aryl methyl sites for hydroxylation is 1. The molecular weight excluding hydrogens is 307 g/mol. The Morgan fingerprint density at radius 3 is 2.62 bits per heavy atom. The first-order chi connectivity index (χ1) is 7.90. The minimum Gasteiger partial charge on any atom is -0.0784 e. The summed E-state index contributed by atoms with van der Waals surface area (Å²) in [5.74, 6) is 0. The zero-order valence-electron chi connectivity index (χ0n) is 9.20. The highest BCUT2D eigenvalue weighted by molar-refractivity contribution is 14.1. The van der Waals surface area contributed by atoms with E-state index >= 15 is 0 Å². The van der Waals surface area contributed by atoms with Gasteiger partial charge in [0.15, 0.2) is 0 Å². The first-order valence-electron chi connectivity index (χ1n) is 5.63. The lowest BCUT2D eigenvalue weighted by molar-refractivity contribution is 0.845. The summed E-state index contributed by atoms with van der Waals surface area (Å²) in [6.45, 7) is 0.